The van der Waals surface area contributed by atoms with E-state index in [1.807, 2.05) is 11.3 Å². The number of nitrogens with zero attached hydrogens (tertiary/aromatic N) is 1. The number of hydrogen-bond donors (Lipinski definition) is 1. The predicted octanol–water partition coefficient (Wildman–Crippen LogP) is 3.41. The average Bonchev–Trinajstić information content (AvgIpc) is 2.95. The molecule has 0 saturated carbocycles. The number of fused-ring (bicyclic) bond motifs is 2. The van der Waals surface area contributed by atoms with Gasteiger partial charge < -0.3 is 10.2 Å². The summed E-state index contributed by atoms with van der Waals surface area (Å²) in [5.74, 6) is 0. The third kappa shape index (κ3) is 2.36. The van der Waals surface area contributed by atoms with Crippen LogP contribution in [0.15, 0.2) is 17.5 Å². The molecule has 0 aromatic carbocycles. The number of hydrogen-bond acceptors (Lipinski definition) is 3. The van der Waals surface area contributed by atoms with Crippen LogP contribution >= 0.6 is 11.3 Å². The fourth-order valence-corrected chi connectivity index (χ4v) is 4.59. The van der Waals surface area contributed by atoms with Crippen LogP contribution in [0.4, 0.5) is 0 Å². The standard InChI is InChI=1S/C15H24N2S/c1-3-14(15-5-4-8-18-15)16-11-9-12-6-7-13(10-11)17(12)2/h4-5,8,11-14,16H,3,6-7,9-10H2,1-2H3. The van der Waals surface area contributed by atoms with E-state index in [4.69, 9.17) is 0 Å². The highest BCUT2D eigenvalue weighted by atomic mass is 32.1. The fraction of sp³-hybridized carbons (Fsp3) is 0.733. The van der Waals surface area contributed by atoms with Crippen LogP contribution in [0.3, 0.4) is 0 Å². The maximum Gasteiger partial charge on any atom is 0.0414 e. The Labute approximate surface area is 114 Å². The Morgan fingerprint density at radius 1 is 1.39 bits per heavy atom. The Kier molecular flexibility index (Phi) is 3.73. The minimum absolute atomic E-state index is 0.567. The van der Waals surface area contributed by atoms with Crippen molar-refractivity contribution >= 4 is 11.3 Å². The second-order valence-electron chi connectivity index (χ2n) is 5.86. The van der Waals surface area contributed by atoms with Crippen LogP contribution in [0.2, 0.25) is 0 Å². The van der Waals surface area contributed by atoms with Crippen LogP contribution in [-0.2, 0) is 0 Å². The fourth-order valence-electron chi connectivity index (χ4n) is 3.72. The first-order valence-corrected chi connectivity index (χ1v) is 8.17. The average molecular weight is 264 g/mol. The molecule has 3 atom stereocenters. The van der Waals surface area contributed by atoms with Crippen molar-refractivity contribution in [3.63, 3.8) is 0 Å². The van der Waals surface area contributed by atoms with Crippen molar-refractivity contribution in [1.82, 2.24) is 10.2 Å². The lowest BCUT2D eigenvalue weighted by Gasteiger charge is -2.38. The summed E-state index contributed by atoms with van der Waals surface area (Å²) in [4.78, 5) is 4.12. The molecule has 18 heavy (non-hydrogen) atoms. The van der Waals surface area contributed by atoms with Crippen LogP contribution < -0.4 is 5.32 Å². The molecule has 1 N–H and O–H groups in total. The van der Waals surface area contributed by atoms with Crippen molar-refractivity contribution in [3.8, 4) is 0 Å². The first-order chi connectivity index (χ1) is 8.78. The Hall–Kier alpha value is -0.380. The SMILES string of the molecule is CCC(NC1CC2CCC(C1)N2C)c1cccs1. The van der Waals surface area contributed by atoms with E-state index in [0.29, 0.717) is 6.04 Å². The molecule has 2 fully saturated rings. The number of piperidine rings is 1. The summed E-state index contributed by atoms with van der Waals surface area (Å²) >= 11 is 1.89. The van der Waals surface area contributed by atoms with Gasteiger partial charge in [-0.2, -0.15) is 0 Å². The molecule has 3 unspecified atom stereocenters. The van der Waals surface area contributed by atoms with E-state index in [9.17, 15) is 0 Å². The highest BCUT2D eigenvalue weighted by Crippen LogP contribution is 2.35. The number of rotatable bonds is 4. The van der Waals surface area contributed by atoms with Crippen molar-refractivity contribution in [3.05, 3.63) is 22.4 Å². The van der Waals surface area contributed by atoms with Crippen LogP contribution in [0.1, 0.15) is 49.9 Å². The lowest BCUT2D eigenvalue weighted by molar-refractivity contribution is 0.143. The van der Waals surface area contributed by atoms with Gasteiger partial charge in [-0.1, -0.05) is 13.0 Å². The zero-order chi connectivity index (χ0) is 12.5. The van der Waals surface area contributed by atoms with Gasteiger partial charge in [0.1, 0.15) is 0 Å². The van der Waals surface area contributed by atoms with Crippen molar-refractivity contribution in [2.75, 3.05) is 7.05 Å². The summed E-state index contributed by atoms with van der Waals surface area (Å²) < 4.78 is 0. The van der Waals surface area contributed by atoms with Gasteiger partial charge in [0.05, 0.1) is 0 Å². The van der Waals surface area contributed by atoms with Crippen molar-refractivity contribution in [1.29, 1.82) is 0 Å². The van der Waals surface area contributed by atoms with Gasteiger partial charge in [-0.05, 0) is 50.6 Å². The summed E-state index contributed by atoms with van der Waals surface area (Å²) in [6.07, 6.45) is 6.70. The first-order valence-electron chi connectivity index (χ1n) is 7.29. The molecule has 3 rings (SSSR count). The predicted molar refractivity (Wildman–Crippen MR) is 78.1 cm³/mol. The third-order valence-corrected chi connectivity index (χ3v) is 5.82. The molecule has 2 aliphatic heterocycles. The molecule has 0 amide bonds. The van der Waals surface area contributed by atoms with Gasteiger partial charge in [0.15, 0.2) is 0 Å². The van der Waals surface area contributed by atoms with E-state index in [-0.39, 0.29) is 0 Å². The minimum atomic E-state index is 0.567. The Bertz CT molecular complexity index is 362. The van der Waals surface area contributed by atoms with Gasteiger partial charge >= 0.3 is 0 Å². The van der Waals surface area contributed by atoms with Gasteiger partial charge in [-0.25, -0.2) is 0 Å². The molecule has 100 valence electrons. The molecule has 2 bridgehead atoms. The van der Waals surface area contributed by atoms with E-state index in [2.05, 4.69) is 41.7 Å². The molecule has 0 aliphatic carbocycles. The Balaban J connectivity index is 1.63. The topological polar surface area (TPSA) is 15.3 Å². The van der Waals surface area contributed by atoms with Gasteiger partial charge in [0.2, 0.25) is 0 Å². The molecule has 1 aromatic heterocycles. The first kappa shape index (κ1) is 12.6. The van der Waals surface area contributed by atoms with Crippen LogP contribution in [0, 0.1) is 0 Å². The van der Waals surface area contributed by atoms with Crippen molar-refractivity contribution < 1.29 is 0 Å². The summed E-state index contributed by atoms with van der Waals surface area (Å²) in [5, 5.41) is 6.11. The quantitative estimate of drug-likeness (QED) is 0.896. The molecule has 2 saturated heterocycles. The van der Waals surface area contributed by atoms with E-state index in [1.165, 1.54) is 37.0 Å². The molecule has 2 aliphatic rings. The van der Waals surface area contributed by atoms with Crippen molar-refractivity contribution in [2.45, 2.75) is 63.2 Å². The molecule has 1 aromatic rings. The van der Waals surface area contributed by atoms with E-state index >= 15 is 0 Å². The van der Waals surface area contributed by atoms with Crippen LogP contribution in [0.5, 0.6) is 0 Å². The Morgan fingerprint density at radius 2 is 2.11 bits per heavy atom. The monoisotopic (exact) mass is 264 g/mol. The minimum Gasteiger partial charge on any atom is -0.306 e. The third-order valence-electron chi connectivity index (χ3n) is 4.83. The normalized spacial score (nSPS) is 33.8. The van der Waals surface area contributed by atoms with Gasteiger partial charge in [0, 0.05) is 29.0 Å². The lowest BCUT2D eigenvalue weighted by Crippen LogP contribution is -2.47. The van der Waals surface area contributed by atoms with E-state index in [0.717, 1.165) is 18.1 Å². The van der Waals surface area contributed by atoms with Crippen LogP contribution in [0.25, 0.3) is 0 Å². The van der Waals surface area contributed by atoms with Gasteiger partial charge in [-0.15, -0.1) is 11.3 Å². The summed E-state index contributed by atoms with van der Waals surface area (Å²) in [6.45, 7) is 2.29. The molecule has 2 nitrogen and oxygen atoms in total. The molecular weight excluding hydrogens is 240 g/mol. The number of thiophene rings is 1. The smallest absolute Gasteiger partial charge is 0.0414 e. The van der Waals surface area contributed by atoms with Gasteiger partial charge in [0.25, 0.3) is 0 Å². The largest absolute Gasteiger partial charge is 0.306 e. The molecular formula is C15H24N2S. The van der Waals surface area contributed by atoms with Gasteiger partial charge in [-0.3, -0.25) is 0 Å². The van der Waals surface area contributed by atoms with E-state index < -0.39 is 0 Å². The molecule has 3 heteroatoms. The summed E-state index contributed by atoms with van der Waals surface area (Å²) in [6, 6.07) is 7.41. The highest BCUT2D eigenvalue weighted by molar-refractivity contribution is 7.10. The maximum atomic E-state index is 3.91. The summed E-state index contributed by atoms with van der Waals surface area (Å²) in [7, 11) is 2.31. The van der Waals surface area contributed by atoms with E-state index in [1.54, 1.807) is 0 Å². The highest BCUT2D eigenvalue weighted by Gasteiger charge is 2.38. The summed E-state index contributed by atoms with van der Waals surface area (Å²) in [5.41, 5.74) is 0. The molecule has 0 radical (unpaired) electrons. The number of nitrogens with one attached hydrogen (secondary N) is 1. The van der Waals surface area contributed by atoms with Crippen molar-refractivity contribution in [2.24, 2.45) is 0 Å². The Morgan fingerprint density at radius 3 is 2.67 bits per heavy atom. The second kappa shape index (κ2) is 5.32. The molecule has 3 heterocycles. The zero-order valence-electron chi connectivity index (χ0n) is 11.4. The van der Waals surface area contributed by atoms with Crippen LogP contribution in [-0.4, -0.2) is 30.1 Å². The second-order valence-corrected chi connectivity index (χ2v) is 6.84. The zero-order valence-corrected chi connectivity index (χ0v) is 12.2. The lowest BCUT2D eigenvalue weighted by atomic mass is 9.96. The molecule has 0 spiro atoms. The maximum absolute atomic E-state index is 3.91.